The monoisotopic (exact) mass is 284 g/mol. The van der Waals surface area contributed by atoms with Gasteiger partial charge in [-0.25, -0.2) is 4.79 Å². The van der Waals surface area contributed by atoms with E-state index in [9.17, 15) is 13.6 Å². The van der Waals surface area contributed by atoms with Gasteiger partial charge in [-0.05, 0) is 28.9 Å². The summed E-state index contributed by atoms with van der Waals surface area (Å²) >= 11 is 4.35. The molecule has 1 heterocycles. The summed E-state index contributed by atoms with van der Waals surface area (Å²) in [5.74, 6) is -5.77. The second-order valence-corrected chi connectivity index (χ2v) is 5.00. The van der Waals surface area contributed by atoms with Crippen molar-refractivity contribution in [3.8, 4) is 0 Å². The van der Waals surface area contributed by atoms with Crippen LogP contribution in [0, 0.1) is 6.92 Å². The highest BCUT2D eigenvalue weighted by atomic mass is 79.9. The quantitative estimate of drug-likeness (QED) is 0.926. The molecule has 0 amide bonds. The molecule has 0 saturated heterocycles. The predicted molar refractivity (Wildman–Crippen MR) is 53.0 cm³/mol. The number of carboxylic acids is 1. The molecule has 14 heavy (non-hydrogen) atoms. The Hall–Kier alpha value is -0.490. The fourth-order valence-electron chi connectivity index (χ4n) is 0.899. The van der Waals surface area contributed by atoms with Crippen LogP contribution in [0.25, 0.3) is 0 Å². The number of aryl methyl sites for hydroxylation is 1. The molecule has 1 N–H and O–H groups in total. The number of rotatable bonds is 3. The third-order valence-electron chi connectivity index (χ3n) is 1.62. The summed E-state index contributed by atoms with van der Waals surface area (Å²) in [6, 6.07) is 1.52. The molecule has 0 aliphatic rings. The molecule has 2 nitrogen and oxygen atoms in total. The smallest absolute Gasteiger partial charge is 0.374 e. The minimum atomic E-state index is -3.68. The van der Waals surface area contributed by atoms with Crippen LogP contribution in [-0.2, 0) is 11.2 Å². The maximum atomic E-state index is 12.8. The van der Waals surface area contributed by atoms with E-state index in [1.807, 2.05) is 0 Å². The van der Waals surface area contributed by atoms with Crippen LogP contribution in [0.2, 0.25) is 0 Å². The molecule has 6 heteroatoms. The third kappa shape index (κ3) is 2.51. The zero-order valence-electron chi connectivity index (χ0n) is 7.18. The summed E-state index contributed by atoms with van der Waals surface area (Å²) in [4.78, 5) is 11.4. The molecule has 0 radical (unpaired) electrons. The van der Waals surface area contributed by atoms with Crippen molar-refractivity contribution < 1.29 is 18.7 Å². The molecular weight excluding hydrogens is 278 g/mol. The second kappa shape index (κ2) is 3.94. The molecule has 0 aromatic carbocycles. The van der Waals surface area contributed by atoms with Crippen LogP contribution < -0.4 is 0 Å². The van der Waals surface area contributed by atoms with Gasteiger partial charge in [0.2, 0.25) is 0 Å². The number of halogens is 3. The van der Waals surface area contributed by atoms with Crippen molar-refractivity contribution >= 4 is 33.2 Å². The van der Waals surface area contributed by atoms with E-state index in [0.717, 1.165) is 9.35 Å². The molecule has 0 spiro atoms. The van der Waals surface area contributed by atoms with Gasteiger partial charge >= 0.3 is 11.9 Å². The van der Waals surface area contributed by atoms with Gasteiger partial charge in [-0.1, -0.05) is 0 Å². The van der Waals surface area contributed by atoms with Crippen molar-refractivity contribution in [3.05, 3.63) is 20.3 Å². The molecule has 0 aliphatic carbocycles. The summed E-state index contributed by atoms with van der Waals surface area (Å²) in [6.45, 7) is 1.77. The summed E-state index contributed by atoms with van der Waals surface area (Å²) in [7, 11) is 0. The summed E-state index contributed by atoms with van der Waals surface area (Å²) in [6.07, 6.45) is -0.751. The average Bonchev–Trinajstić information content (AvgIpc) is 2.29. The molecule has 0 fully saturated rings. The fraction of sp³-hybridized carbons (Fsp3) is 0.375. The van der Waals surface area contributed by atoms with Crippen LogP contribution in [-0.4, -0.2) is 17.0 Å². The maximum Gasteiger partial charge on any atom is 0.374 e. The van der Waals surface area contributed by atoms with E-state index in [-0.39, 0.29) is 0 Å². The lowest BCUT2D eigenvalue weighted by molar-refractivity contribution is -0.164. The fourth-order valence-corrected chi connectivity index (χ4v) is 2.55. The maximum absolute atomic E-state index is 12.8. The highest BCUT2D eigenvalue weighted by molar-refractivity contribution is 9.10. The van der Waals surface area contributed by atoms with Gasteiger partial charge in [-0.3, -0.25) is 0 Å². The largest absolute Gasteiger partial charge is 0.477 e. The van der Waals surface area contributed by atoms with Gasteiger partial charge in [0.05, 0.1) is 6.42 Å². The molecule has 0 bridgehead atoms. The van der Waals surface area contributed by atoms with Crippen LogP contribution in [0.5, 0.6) is 0 Å². The lowest BCUT2D eigenvalue weighted by atomic mass is 10.2. The van der Waals surface area contributed by atoms with Crippen LogP contribution >= 0.6 is 27.3 Å². The zero-order chi connectivity index (χ0) is 10.9. The lowest BCUT2D eigenvalue weighted by Gasteiger charge is -2.08. The molecular formula is C8H7BrF2O2S. The molecule has 1 rings (SSSR count). The number of carboxylic acid groups (broad SMARTS) is 1. The summed E-state index contributed by atoms with van der Waals surface area (Å²) in [5, 5.41) is 8.22. The Balaban J connectivity index is 2.84. The minimum Gasteiger partial charge on any atom is -0.477 e. The Morgan fingerprint density at radius 1 is 1.71 bits per heavy atom. The van der Waals surface area contributed by atoms with E-state index < -0.39 is 18.3 Å². The first-order chi connectivity index (χ1) is 6.33. The molecule has 0 saturated carbocycles. The Morgan fingerprint density at radius 3 is 2.64 bits per heavy atom. The number of hydrogen-bond donors (Lipinski definition) is 1. The van der Waals surface area contributed by atoms with Crippen LogP contribution in [0.1, 0.15) is 9.75 Å². The summed E-state index contributed by atoms with van der Waals surface area (Å²) in [5.41, 5.74) is 0. The first-order valence-corrected chi connectivity index (χ1v) is 5.30. The molecule has 0 unspecified atom stereocenters. The zero-order valence-corrected chi connectivity index (χ0v) is 9.58. The van der Waals surface area contributed by atoms with Gasteiger partial charge in [-0.2, -0.15) is 8.78 Å². The molecule has 1 aromatic rings. The Labute approximate surface area is 91.7 Å². The van der Waals surface area contributed by atoms with Gasteiger partial charge in [0.25, 0.3) is 0 Å². The van der Waals surface area contributed by atoms with Crippen molar-refractivity contribution in [2.45, 2.75) is 19.3 Å². The van der Waals surface area contributed by atoms with E-state index >= 15 is 0 Å². The summed E-state index contributed by atoms with van der Waals surface area (Å²) < 4.78 is 26.3. The van der Waals surface area contributed by atoms with Crippen molar-refractivity contribution in [1.82, 2.24) is 0 Å². The first kappa shape index (κ1) is 11.6. The van der Waals surface area contributed by atoms with Gasteiger partial charge in [0, 0.05) is 14.2 Å². The van der Waals surface area contributed by atoms with Crippen molar-refractivity contribution in [2.24, 2.45) is 0 Å². The van der Waals surface area contributed by atoms with Crippen molar-refractivity contribution in [1.29, 1.82) is 0 Å². The van der Waals surface area contributed by atoms with Crippen LogP contribution in [0.15, 0.2) is 10.5 Å². The van der Waals surface area contributed by atoms with Gasteiger partial charge < -0.3 is 5.11 Å². The Morgan fingerprint density at radius 2 is 2.29 bits per heavy atom. The van der Waals surface area contributed by atoms with E-state index in [4.69, 9.17) is 5.11 Å². The first-order valence-electron chi connectivity index (χ1n) is 3.69. The molecule has 0 aliphatic heterocycles. The normalized spacial score (nSPS) is 11.7. The second-order valence-electron chi connectivity index (χ2n) is 2.80. The number of alkyl halides is 2. The van der Waals surface area contributed by atoms with Crippen LogP contribution in [0.3, 0.4) is 0 Å². The molecule has 78 valence electrons. The van der Waals surface area contributed by atoms with E-state index in [0.29, 0.717) is 4.88 Å². The lowest BCUT2D eigenvalue weighted by Crippen LogP contribution is -2.30. The predicted octanol–water partition coefficient (Wildman–Crippen LogP) is 3.08. The highest BCUT2D eigenvalue weighted by Crippen LogP contribution is 2.30. The SMILES string of the molecule is Cc1sc(CC(F)(F)C(=O)O)cc1Br. The number of thiophene rings is 1. The van der Waals surface area contributed by atoms with E-state index in [1.165, 1.54) is 17.4 Å². The number of carbonyl (C=O) groups is 1. The number of aliphatic carboxylic acids is 1. The van der Waals surface area contributed by atoms with Crippen molar-refractivity contribution in [2.75, 3.05) is 0 Å². The molecule has 1 aromatic heterocycles. The highest BCUT2D eigenvalue weighted by Gasteiger charge is 2.39. The average molecular weight is 285 g/mol. The topological polar surface area (TPSA) is 37.3 Å². The third-order valence-corrected chi connectivity index (χ3v) is 3.75. The van der Waals surface area contributed by atoms with E-state index in [2.05, 4.69) is 15.9 Å². The standard InChI is InChI=1S/C8H7BrF2O2S/c1-4-6(9)2-5(14-4)3-8(10,11)7(12)13/h2H,3H2,1H3,(H,12,13). The van der Waals surface area contributed by atoms with E-state index in [1.54, 1.807) is 6.92 Å². The van der Waals surface area contributed by atoms with Gasteiger partial charge in [-0.15, -0.1) is 11.3 Å². The van der Waals surface area contributed by atoms with Crippen molar-refractivity contribution in [3.63, 3.8) is 0 Å². The van der Waals surface area contributed by atoms with Gasteiger partial charge in [0.15, 0.2) is 0 Å². The minimum absolute atomic E-state index is 0.363. The Bertz CT molecular complexity index is 343. The van der Waals surface area contributed by atoms with Gasteiger partial charge in [0.1, 0.15) is 0 Å². The van der Waals surface area contributed by atoms with Crippen LogP contribution in [0.4, 0.5) is 8.78 Å². The Kier molecular flexibility index (Phi) is 3.26. The number of hydrogen-bond acceptors (Lipinski definition) is 2. The molecule has 0 atom stereocenters.